The van der Waals surface area contributed by atoms with Crippen LogP contribution in [-0.2, 0) is 16.4 Å². The highest BCUT2D eigenvalue weighted by atomic mass is 32.2. The Kier molecular flexibility index (Phi) is 6.06. The van der Waals surface area contributed by atoms with Crippen molar-refractivity contribution in [3.05, 3.63) is 83.8 Å². The number of ether oxygens (including phenoxy) is 2. The van der Waals surface area contributed by atoms with Crippen LogP contribution < -0.4 is 14.8 Å². The van der Waals surface area contributed by atoms with Crippen LogP contribution in [0, 0.1) is 6.92 Å². The zero-order valence-corrected chi connectivity index (χ0v) is 19.2. The summed E-state index contributed by atoms with van der Waals surface area (Å²) in [5, 5.41) is 2.80. The van der Waals surface area contributed by atoms with Crippen LogP contribution in [0.15, 0.2) is 71.9 Å². The molecule has 0 aliphatic heterocycles. The van der Waals surface area contributed by atoms with Gasteiger partial charge in [0.15, 0.2) is 21.3 Å². The van der Waals surface area contributed by atoms with Crippen molar-refractivity contribution in [3.8, 4) is 11.5 Å². The number of rotatable bonds is 7. The average molecular weight is 466 g/mol. The fourth-order valence-corrected chi connectivity index (χ4v) is 4.00. The largest absolute Gasteiger partial charge is 0.493 e. The molecule has 0 saturated carbocycles. The highest BCUT2D eigenvalue weighted by Crippen LogP contribution is 2.31. The number of fused-ring (bicyclic) bond motifs is 1. The zero-order valence-electron chi connectivity index (χ0n) is 18.4. The SMILES string of the molecule is COc1ccc(NC(=O)c2cc(S(C)(=O)=O)ccc2C)cc1OCc1cn2ccccc2n1. The van der Waals surface area contributed by atoms with Crippen molar-refractivity contribution in [3.63, 3.8) is 0 Å². The molecule has 0 bridgehead atoms. The molecule has 1 N–H and O–H groups in total. The quantitative estimate of drug-likeness (QED) is 0.445. The maximum absolute atomic E-state index is 12.9. The number of aromatic nitrogens is 2. The minimum atomic E-state index is -3.43. The lowest BCUT2D eigenvalue weighted by Gasteiger charge is -2.13. The molecule has 1 amide bonds. The van der Waals surface area contributed by atoms with Gasteiger partial charge in [-0.1, -0.05) is 12.1 Å². The molecular weight excluding hydrogens is 442 g/mol. The van der Waals surface area contributed by atoms with Gasteiger partial charge in [-0.3, -0.25) is 4.79 Å². The first-order valence-corrected chi connectivity index (χ1v) is 12.0. The number of carbonyl (C=O) groups excluding carboxylic acids is 1. The van der Waals surface area contributed by atoms with Gasteiger partial charge in [-0.05, 0) is 48.9 Å². The molecule has 4 aromatic rings. The summed E-state index contributed by atoms with van der Waals surface area (Å²) in [4.78, 5) is 17.5. The number of benzene rings is 2. The van der Waals surface area contributed by atoms with Crippen LogP contribution >= 0.6 is 0 Å². The summed E-state index contributed by atoms with van der Waals surface area (Å²) < 4.78 is 36.9. The summed E-state index contributed by atoms with van der Waals surface area (Å²) in [6.45, 7) is 1.96. The van der Waals surface area contributed by atoms with Crippen molar-refractivity contribution in [1.29, 1.82) is 0 Å². The Morgan fingerprint density at radius 1 is 1.09 bits per heavy atom. The molecule has 170 valence electrons. The Morgan fingerprint density at radius 2 is 1.91 bits per heavy atom. The van der Waals surface area contributed by atoms with E-state index in [4.69, 9.17) is 9.47 Å². The van der Waals surface area contributed by atoms with Gasteiger partial charge >= 0.3 is 0 Å². The first kappa shape index (κ1) is 22.3. The van der Waals surface area contributed by atoms with E-state index in [0.29, 0.717) is 22.7 Å². The third-order valence-corrected chi connectivity index (χ3v) is 6.20. The number of anilines is 1. The molecule has 9 heteroatoms. The van der Waals surface area contributed by atoms with Crippen LogP contribution in [0.4, 0.5) is 5.69 Å². The van der Waals surface area contributed by atoms with E-state index in [-0.39, 0.29) is 17.1 Å². The number of nitrogens with zero attached hydrogens (tertiary/aromatic N) is 2. The van der Waals surface area contributed by atoms with Gasteiger partial charge in [-0.2, -0.15) is 0 Å². The van der Waals surface area contributed by atoms with Gasteiger partial charge in [0.1, 0.15) is 12.3 Å². The lowest BCUT2D eigenvalue weighted by atomic mass is 10.1. The number of amides is 1. The topological polar surface area (TPSA) is 99.0 Å². The lowest BCUT2D eigenvalue weighted by molar-refractivity contribution is 0.102. The number of hydrogen-bond donors (Lipinski definition) is 1. The van der Waals surface area contributed by atoms with E-state index in [1.54, 1.807) is 31.2 Å². The molecule has 2 aromatic carbocycles. The van der Waals surface area contributed by atoms with Gasteiger partial charge in [-0.25, -0.2) is 13.4 Å². The second-order valence-corrected chi connectivity index (χ2v) is 9.57. The van der Waals surface area contributed by atoms with Crippen LogP contribution in [0.5, 0.6) is 11.5 Å². The van der Waals surface area contributed by atoms with Crippen molar-refractivity contribution in [2.45, 2.75) is 18.4 Å². The van der Waals surface area contributed by atoms with E-state index in [2.05, 4.69) is 10.3 Å². The first-order chi connectivity index (χ1) is 15.7. The van der Waals surface area contributed by atoms with Gasteiger partial charge in [0.25, 0.3) is 5.91 Å². The van der Waals surface area contributed by atoms with Crippen LogP contribution in [0.1, 0.15) is 21.6 Å². The molecule has 2 aromatic heterocycles. The lowest BCUT2D eigenvalue weighted by Crippen LogP contribution is -2.14. The van der Waals surface area contributed by atoms with E-state index < -0.39 is 15.7 Å². The van der Waals surface area contributed by atoms with Gasteiger partial charge in [0.2, 0.25) is 0 Å². The summed E-state index contributed by atoms with van der Waals surface area (Å²) in [6, 6.07) is 15.2. The second kappa shape index (κ2) is 8.95. The van der Waals surface area contributed by atoms with Crippen molar-refractivity contribution in [2.24, 2.45) is 0 Å². The minimum absolute atomic E-state index is 0.0875. The second-order valence-electron chi connectivity index (χ2n) is 7.56. The number of aryl methyl sites for hydroxylation is 1. The van der Waals surface area contributed by atoms with Gasteiger partial charge in [0.05, 0.1) is 17.7 Å². The van der Waals surface area contributed by atoms with E-state index in [1.807, 2.05) is 35.0 Å². The van der Waals surface area contributed by atoms with E-state index in [1.165, 1.54) is 19.2 Å². The number of pyridine rings is 1. The van der Waals surface area contributed by atoms with E-state index in [9.17, 15) is 13.2 Å². The summed E-state index contributed by atoms with van der Waals surface area (Å²) >= 11 is 0. The molecule has 4 rings (SSSR count). The van der Waals surface area contributed by atoms with Crippen molar-refractivity contribution >= 4 is 27.1 Å². The highest BCUT2D eigenvalue weighted by molar-refractivity contribution is 7.90. The molecule has 0 atom stereocenters. The Labute approximate surface area is 191 Å². The standard InChI is InChI=1S/C24H23N3O5S/c1-16-7-9-19(33(3,29)30)13-20(16)24(28)26-17-8-10-21(31-2)22(12-17)32-15-18-14-27-11-5-4-6-23(27)25-18/h4-14H,15H2,1-3H3,(H,26,28). The predicted octanol–water partition coefficient (Wildman–Crippen LogP) is 3.89. The Morgan fingerprint density at radius 3 is 2.64 bits per heavy atom. The predicted molar refractivity (Wildman–Crippen MR) is 125 cm³/mol. The molecule has 33 heavy (non-hydrogen) atoms. The molecule has 2 heterocycles. The molecule has 0 fully saturated rings. The number of sulfone groups is 1. The molecule has 0 saturated heterocycles. The van der Waals surface area contributed by atoms with Gasteiger partial charge in [0, 0.05) is 36.0 Å². The van der Waals surface area contributed by atoms with Crippen LogP contribution in [0.3, 0.4) is 0 Å². The van der Waals surface area contributed by atoms with Crippen LogP contribution in [0.25, 0.3) is 5.65 Å². The fourth-order valence-electron chi connectivity index (χ4n) is 3.35. The number of carbonyl (C=O) groups is 1. The molecular formula is C24H23N3O5S. The van der Waals surface area contributed by atoms with Crippen molar-refractivity contribution in [1.82, 2.24) is 9.38 Å². The van der Waals surface area contributed by atoms with Gasteiger partial charge in [-0.15, -0.1) is 0 Å². The maximum atomic E-state index is 12.9. The molecule has 8 nitrogen and oxygen atoms in total. The number of methoxy groups -OCH3 is 1. The van der Waals surface area contributed by atoms with Crippen LogP contribution in [-0.4, -0.2) is 37.1 Å². The van der Waals surface area contributed by atoms with E-state index >= 15 is 0 Å². The van der Waals surface area contributed by atoms with Crippen molar-refractivity contribution in [2.75, 3.05) is 18.7 Å². The third kappa shape index (κ3) is 4.98. The monoisotopic (exact) mass is 465 g/mol. The Hall–Kier alpha value is -3.85. The number of imidazole rings is 1. The number of hydrogen-bond acceptors (Lipinski definition) is 6. The molecule has 0 aliphatic rings. The maximum Gasteiger partial charge on any atom is 0.255 e. The Bertz CT molecular complexity index is 1410. The smallest absolute Gasteiger partial charge is 0.255 e. The summed E-state index contributed by atoms with van der Waals surface area (Å²) in [5.74, 6) is 0.524. The molecule has 0 unspecified atom stereocenters. The summed E-state index contributed by atoms with van der Waals surface area (Å²) in [7, 11) is -1.90. The van der Waals surface area contributed by atoms with Gasteiger partial charge < -0.3 is 19.2 Å². The average Bonchev–Trinajstić information content (AvgIpc) is 3.20. The first-order valence-electron chi connectivity index (χ1n) is 10.1. The molecule has 0 radical (unpaired) electrons. The summed E-state index contributed by atoms with van der Waals surface area (Å²) in [5.41, 5.74) is 2.98. The molecule has 0 aliphatic carbocycles. The Balaban J connectivity index is 1.54. The van der Waals surface area contributed by atoms with Crippen LogP contribution in [0.2, 0.25) is 0 Å². The normalized spacial score (nSPS) is 11.4. The fraction of sp³-hybridized carbons (Fsp3) is 0.167. The minimum Gasteiger partial charge on any atom is -0.493 e. The zero-order chi connectivity index (χ0) is 23.6. The van der Waals surface area contributed by atoms with Crippen molar-refractivity contribution < 1.29 is 22.7 Å². The summed E-state index contributed by atoms with van der Waals surface area (Å²) in [6.07, 6.45) is 4.89. The number of nitrogens with one attached hydrogen (secondary N) is 1. The highest BCUT2D eigenvalue weighted by Gasteiger charge is 2.16. The van der Waals surface area contributed by atoms with E-state index in [0.717, 1.165) is 17.6 Å². The third-order valence-electron chi connectivity index (χ3n) is 5.09. The molecule has 0 spiro atoms.